The van der Waals surface area contributed by atoms with Gasteiger partial charge in [-0.25, -0.2) is 4.79 Å². The van der Waals surface area contributed by atoms with Crippen LogP contribution in [0.3, 0.4) is 0 Å². The molecule has 0 aliphatic rings. The van der Waals surface area contributed by atoms with Crippen LogP contribution in [-0.4, -0.2) is 31.1 Å². The predicted molar refractivity (Wildman–Crippen MR) is 68.4 cm³/mol. The maximum atomic E-state index is 11.6. The van der Waals surface area contributed by atoms with E-state index in [1.165, 1.54) is 4.90 Å². The van der Waals surface area contributed by atoms with Gasteiger partial charge in [-0.3, -0.25) is 0 Å². The van der Waals surface area contributed by atoms with Crippen LogP contribution in [0.25, 0.3) is 0 Å². The first kappa shape index (κ1) is 13.8. The van der Waals surface area contributed by atoms with Crippen LogP contribution in [0.5, 0.6) is 5.75 Å². The van der Waals surface area contributed by atoms with Crippen molar-refractivity contribution in [3.05, 3.63) is 29.3 Å². The Morgan fingerprint density at radius 3 is 2.59 bits per heavy atom. The molecule has 0 radical (unpaired) electrons. The van der Waals surface area contributed by atoms with Crippen LogP contribution >= 0.6 is 11.6 Å². The van der Waals surface area contributed by atoms with E-state index in [0.29, 0.717) is 23.9 Å². The van der Waals surface area contributed by atoms with Gasteiger partial charge in [0.05, 0.1) is 0 Å². The molecule has 0 saturated carbocycles. The monoisotopic (exact) mass is 256 g/mol. The third-order valence-corrected chi connectivity index (χ3v) is 2.53. The topological polar surface area (TPSA) is 55.6 Å². The zero-order valence-corrected chi connectivity index (χ0v) is 10.6. The number of halogens is 1. The number of benzene rings is 1. The van der Waals surface area contributed by atoms with E-state index >= 15 is 0 Å². The van der Waals surface area contributed by atoms with Gasteiger partial charge in [-0.15, -0.1) is 0 Å². The number of ether oxygens (including phenoxy) is 1. The van der Waals surface area contributed by atoms with E-state index in [0.717, 1.165) is 12.8 Å². The molecule has 1 amide bonds. The lowest BCUT2D eigenvalue weighted by Gasteiger charge is -2.16. The van der Waals surface area contributed by atoms with Crippen molar-refractivity contribution >= 4 is 17.7 Å². The molecule has 2 N–H and O–H groups in total. The van der Waals surface area contributed by atoms with Crippen molar-refractivity contribution in [2.24, 2.45) is 5.73 Å². The van der Waals surface area contributed by atoms with Crippen LogP contribution in [0.15, 0.2) is 24.3 Å². The van der Waals surface area contributed by atoms with E-state index in [1.807, 2.05) is 0 Å². The summed E-state index contributed by atoms with van der Waals surface area (Å²) in [6.07, 6.45) is 1.41. The molecule has 1 aromatic rings. The first-order chi connectivity index (χ1) is 8.13. The normalized spacial score (nSPS) is 10.1. The van der Waals surface area contributed by atoms with Gasteiger partial charge >= 0.3 is 6.09 Å². The standard InChI is InChI=1S/C12H17ClN2O2/c1-15(9-3-2-8-14)12(16)17-11-6-4-10(13)5-7-11/h4-7H,2-3,8-9,14H2,1H3. The van der Waals surface area contributed by atoms with Crippen molar-refractivity contribution in [1.29, 1.82) is 0 Å². The molecular formula is C12H17ClN2O2. The highest BCUT2D eigenvalue weighted by Crippen LogP contribution is 2.16. The Balaban J connectivity index is 2.40. The summed E-state index contributed by atoms with van der Waals surface area (Å²) >= 11 is 5.73. The number of hydrogen-bond acceptors (Lipinski definition) is 3. The van der Waals surface area contributed by atoms with Gasteiger partial charge < -0.3 is 15.4 Å². The fourth-order valence-electron chi connectivity index (χ4n) is 1.27. The number of carbonyl (C=O) groups is 1. The largest absolute Gasteiger partial charge is 0.414 e. The fourth-order valence-corrected chi connectivity index (χ4v) is 1.39. The molecule has 0 aliphatic carbocycles. The van der Waals surface area contributed by atoms with E-state index in [-0.39, 0.29) is 6.09 Å². The zero-order valence-electron chi connectivity index (χ0n) is 9.86. The number of carbonyl (C=O) groups excluding carboxylic acids is 1. The minimum atomic E-state index is -0.371. The lowest BCUT2D eigenvalue weighted by Crippen LogP contribution is -2.30. The molecule has 1 aromatic carbocycles. The number of nitrogens with two attached hydrogens (primary N) is 1. The maximum Gasteiger partial charge on any atom is 0.414 e. The summed E-state index contributed by atoms with van der Waals surface area (Å²) in [6.45, 7) is 1.28. The second-order valence-electron chi connectivity index (χ2n) is 3.74. The lowest BCUT2D eigenvalue weighted by atomic mass is 10.3. The van der Waals surface area contributed by atoms with Gasteiger partial charge in [-0.05, 0) is 43.7 Å². The van der Waals surface area contributed by atoms with Crippen molar-refractivity contribution in [3.63, 3.8) is 0 Å². The average molecular weight is 257 g/mol. The molecule has 0 aliphatic heterocycles. The Morgan fingerprint density at radius 1 is 1.35 bits per heavy atom. The summed E-state index contributed by atoms with van der Waals surface area (Å²) < 4.78 is 5.16. The molecule has 17 heavy (non-hydrogen) atoms. The third kappa shape index (κ3) is 5.06. The minimum absolute atomic E-state index is 0.371. The van der Waals surface area contributed by atoms with Crippen LogP contribution in [0.1, 0.15) is 12.8 Å². The summed E-state index contributed by atoms with van der Waals surface area (Å²) in [6, 6.07) is 6.68. The van der Waals surface area contributed by atoms with Gasteiger partial charge in [0.2, 0.25) is 0 Å². The van der Waals surface area contributed by atoms with Crippen molar-refractivity contribution < 1.29 is 9.53 Å². The highest BCUT2D eigenvalue weighted by atomic mass is 35.5. The van der Waals surface area contributed by atoms with Gasteiger partial charge in [0.1, 0.15) is 5.75 Å². The smallest absolute Gasteiger partial charge is 0.410 e. The fraction of sp³-hybridized carbons (Fsp3) is 0.417. The average Bonchev–Trinajstić information content (AvgIpc) is 2.32. The summed E-state index contributed by atoms with van der Waals surface area (Å²) in [5, 5.41) is 0.612. The predicted octanol–water partition coefficient (Wildman–Crippen LogP) is 2.51. The van der Waals surface area contributed by atoms with E-state index in [2.05, 4.69) is 0 Å². The van der Waals surface area contributed by atoms with Gasteiger partial charge in [0, 0.05) is 18.6 Å². The van der Waals surface area contributed by atoms with E-state index in [4.69, 9.17) is 22.1 Å². The molecular weight excluding hydrogens is 240 g/mol. The van der Waals surface area contributed by atoms with E-state index in [9.17, 15) is 4.79 Å². The number of amides is 1. The SMILES string of the molecule is CN(CCCCN)C(=O)Oc1ccc(Cl)cc1. The molecule has 0 unspecified atom stereocenters. The molecule has 5 heteroatoms. The molecule has 94 valence electrons. The molecule has 0 spiro atoms. The molecule has 0 bridgehead atoms. The molecule has 0 atom stereocenters. The van der Waals surface area contributed by atoms with Crippen LogP contribution < -0.4 is 10.5 Å². The van der Waals surface area contributed by atoms with Gasteiger partial charge in [0.15, 0.2) is 0 Å². The van der Waals surface area contributed by atoms with E-state index < -0.39 is 0 Å². The second kappa shape index (κ2) is 7.14. The highest BCUT2D eigenvalue weighted by molar-refractivity contribution is 6.30. The summed E-state index contributed by atoms with van der Waals surface area (Å²) in [5.74, 6) is 0.491. The molecule has 0 saturated heterocycles. The highest BCUT2D eigenvalue weighted by Gasteiger charge is 2.10. The van der Waals surface area contributed by atoms with Crippen molar-refractivity contribution in [1.82, 2.24) is 4.90 Å². The molecule has 0 heterocycles. The minimum Gasteiger partial charge on any atom is -0.410 e. The van der Waals surface area contributed by atoms with Crippen molar-refractivity contribution in [2.45, 2.75) is 12.8 Å². The maximum absolute atomic E-state index is 11.6. The van der Waals surface area contributed by atoms with Crippen LogP contribution in [0.2, 0.25) is 5.02 Å². The van der Waals surface area contributed by atoms with Crippen LogP contribution in [0, 0.1) is 0 Å². The second-order valence-corrected chi connectivity index (χ2v) is 4.18. The van der Waals surface area contributed by atoms with Crippen LogP contribution in [-0.2, 0) is 0 Å². The lowest BCUT2D eigenvalue weighted by molar-refractivity contribution is 0.162. The Hall–Kier alpha value is -1.26. The summed E-state index contributed by atoms with van der Waals surface area (Å²) in [5.41, 5.74) is 5.38. The molecule has 4 nitrogen and oxygen atoms in total. The molecule has 1 rings (SSSR count). The Bertz CT molecular complexity index is 354. The van der Waals surface area contributed by atoms with Gasteiger partial charge in [-0.2, -0.15) is 0 Å². The first-order valence-corrected chi connectivity index (χ1v) is 5.90. The van der Waals surface area contributed by atoms with Crippen molar-refractivity contribution in [2.75, 3.05) is 20.1 Å². The molecule has 0 fully saturated rings. The summed E-state index contributed by atoms with van der Waals surface area (Å²) in [4.78, 5) is 13.2. The van der Waals surface area contributed by atoms with Crippen LogP contribution in [0.4, 0.5) is 4.79 Å². The summed E-state index contributed by atoms with van der Waals surface area (Å²) in [7, 11) is 1.70. The third-order valence-electron chi connectivity index (χ3n) is 2.28. The number of nitrogens with zero attached hydrogens (tertiary/aromatic N) is 1. The quantitative estimate of drug-likeness (QED) is 0.824. The van der Waals surface area contributed by atoms with Crippen molar-refractivity contribution in [3.8, 4) is 5.75 Å². The molecule has 0 aromatic heterocycles. The van der Waals surface area contributed by atoms with Gasteiger partial charge in [0.25, 0.3) is 0 Å². The Kier molecular flexibility index (Phi) is 5.80. The number of hydrogen-bond donors (Lipinski definition) is 1. The number of rotatable bonds is 5. The first-order valence-electron chi connectivity index (χ1n) is 5.52. The zero-order chi connectivity index (χ0) is 12.7. The Labute approximate surface area is 106 Å². The number of unbranched alkanes of at least 4 members (excludes halogenated alkanes) is 1. The van der Waals surface area contributed by atoms with E-state index in [1.54, 1.807) is 31.3 Å². The van der Waals surface area contributed by atoms with Gasteiger partial charge in [-0.1, -0.05) is 11.6 Å². The Morgan fingerprint density at radius 2 is 2.00 bits per heavy atom.